The van der Waals surface area contributed by atoms with Crippen LogP contribution in [0.4, 0.5) is 4.39 Å². The first-order chi connectivity index (χ1) is 9.00. The van der Waals surface area contributed by atoms with Crippen LogP contribution in [0.15, 0.2) is 24.3 Å². The van der Waals surface area contributed by atoms with Gasteiger partial charge in [-0.05, 0) is 56.8 Å². The Labute approximate surface area is 115 Å². The Morgan fingerprint density at radius 2 is 1.89 bits per heavy atom. The number of piperidine rings is 1. The number of nitrogens with two attached hydrogens (primary N) is 1. The summed E-state index contributed by atoms with van der Waals surface area (Å²) in [6.45, 7) is 7.71. The monoisotopic (exact) mass is 264 g/mol. The molecule has 2 nitrogen and oxygen atoms in total. The van der Waals surface area contributed by atoms with Crippen LogP contribution < -0.4 is 5.73 Å². The molecule has 1 saturated heterocycles. The number of benzene rings is 1. The third-order valence-electron chi connectivity index (χ3n) is 4.49. The van der Waals surface area contributed by atoms with E-state index in [1.165, 1.54) is 25.0 Å². The van der Waals surface area contributed by atoms with Gasteiger partial charge in [0.1, 0.15) is 5.82 Å². The summed E-state index contributed by atoms with van der Waals surface area (Å²) in [6, 6.07) is 7.54. The van der Waals surface area contributed by atoms with Crippen molar-refractivity contribution in [1.29, 1.82) is 0 Å². The lowest BCUT2D eigenvalue weighted by Gasteiger charge is -2.44. The first-order valence-electron chi connectivity index (χ1n) is 7.27. The number of rotatable bonds is 3. The molecule has 1 aromatic rings. The minimum Gasteiger partial charge on any atom is -0.326 e. The lowest BCUT2D eigenvalue weighted by Crippen LogP contribution is -2.49. The van der Waals surface area contributed by atoms with E-state index in [0.29, 0.717) is 12.0 Å². The summed E-state index contributed by atoms with van der Waals surface area (Å²) >= 11 is 0. The van der Waals surface area contributed by atoms with Gasteiger partial charge in [-0.2, -0.15) is 0 Å². The molecule has 0 aromatic heterocycles. The number of halogens is 1. The lowest BCUT2D eigenvalue weighted by molar-refractivity contribution is 0.0579. The van der Waals surface area contributed by atoms with E-state index < -0.39 is 0 Å². The van der Waals surface area contributed by atoms with Gasteiger partial charge in [0.2, 0.25) is 0 Å². The molecular formula is C16H25FN2. The van der Waals surface area contributed by atoms with Crippen molar-refractivity contribution in [2.45, 2.75) is 51.7 Å². The summed E-state index contributed by atoms with van der Waals surface area (Å²) in [4.78, 5) is 2.49. The Balaban J connectivity index is 2.27. The molecule has 0 saturated carbocycles. The quantitative estimate of drug-likeness (QED) is 0.907. The van der Waals surface area contributed by atoms with Gasteiger partial charge in [-0.15, -0.1) is 0 Å². The van der Waals surface area contributed by atoms with Gasteiger partial charge >= 0.3 is 0 Å². The van der Waals surface area contributed by atoms with Gasteiger partial charge in [0, 0.05) is 18.1 Å². The van der Waals surface area contributed by atoms with E-state index in [9.17, 15) is 4.39 Å². The van der Waals surface area contributed by atoms with Gasteiger partial charge in [0.25, 0.3) is 0 Å². The summed E-state index contributed by atoms with van der Waals surface area (Å²) in [5.41, 5.74) is 7.33. The molecular weight excluding hydrogens is 239 g/mol. The van der Waals surface area contributed by atoms with Crippen LogP contribution in [0.5, 0.6) is 0 Å². The normalized spacial score (nSPS) is 28.1. The summed E-state index contributed by atoms with van der Waals surface area (Å²) in [5, 5.41) is 0. The fourth-order valence-corrected chi connectivity index (χ4v) is 3.22. The molecule has 1 aliphatic heterocycles. The average molecular weight is 264 g/mol. The lowest BCUT2D eigenvalue weighted by atomic mass is 9.87. The molecule has 4 unspecified atom stereocenters. The van der Waals surface area contributed by atoms with E-state index in [1.54, 1.807) is 0 Å². The molecule has 3 heteroatoms. The Hall–Kier alpha value is -0.930. The highest BCUT2D eigenvalue weighted by Gasteiger charge is 2.32. The summed E-state index contributed by atoms with van der Waals surface area (Å²) in [6.07, 6.45) is 2.50. The SMILES string of the molecule is CC(N)C(c1ccc(F)cc1)N1CCCC(C)C1C. The molecule has 1 aliphatic rings. The highest BCUT2D eigenvalue weighted by atomic mass is 19.1. The van der Waals surface area contributed by atoms with Crippen molar-refractivity contribution < 1.29 is 4.39 Å². The summed E-state index contributed by atoms with van der Waals surface area (Å²) < 4.78 is 13.1. The van der Waals surface area contributed by atoms with Crippen LogP contribution in [0.2, 0.25) is 0 Å². The van der Waals surface area contributed by atoms with Crippen molar-refractivity contribution in [3.63, 3.8) is 0 Å². The first kappa shape index (κ1) is 14.5. The van der Waals surface area contributed by atoms with E-state index in [4.69, 9.17) is 5.73 Å². The van der Waals surface area contributed by atoms with Crippen LogP contribution in [-0.2, 0) is 0 Å². The van der Waals surface area contributed by atoms with Crippen LogP contribution in [0.3, 0.4) is 0 Å². The minimum absolute atomic E-state index is 0.0400. The molecule has 1 fully saturated rings. The van der Waals surface area contributed by atoms with E-state index in [2.05, 4.69) is 18.7 Å². The van der Waals surface area contributed by atoms with Crippen molar-refractivity contribution in [1.82, 2.24) is 4.90 Å². The molecule has 1 aromatic carbocycles. The highest BCUT2D eigenvalue weighted by Crippen LogP contribution is 2.33. The molecule has 0 bridgehead atoms. The van der Waals surface area contributed by atoms with Gasteiger partial charge in [-0.1, -0.05) is 19.1 Å². The van der Waals surface area contributed by atoms with Crippen LogP contribution in [0.1, 0.15) is 45.2 Å². The van der Waals surface area contributed by atoms with Crippen molar-refractivity contribution in [3.8, 4) is 0 Å². The Kier molecular flexibility index (Phi) is 4.58. The zero-order valence-electron chi connectivity index (χ0n) is 12.1. The van der Waals surface area contributed by atoms with E-state index in [-0.39, 0.29) is 17.9 Å². The summed E-state index contributed by atoms with van der Waals surface area (Å²) in [5.74, 6) is 0.502. The maximum atomic E-state index is 13.1. The second kappa shape index (κ2) is 6.02. The van der Waals surface area contributed by atoms with Gasteiger partial charge < -0.3 is 5.73 Å². The van der Waals surface area contributed by atoms with E-state index >= 15 is 0 Å². The molecule has 0 radical (unpaired) electrons. The molecule has 1 heterocycles. The van der Waals surface area contributed by atoms with Crippen LogP contribution in [-0.4, -0.2) is 23.5 Å². The fraction of sp³-hybridized carbons (Fsp3) is 0.625. The zero-order valence-corrected chi connectivity index (χ0v) is 12.1. The molecule has 106 valence electrons. The summed E-state index contributed by atoms with van der Waals surface area (Å²) in [7, 11) is 0. The maximum absolute atomic E-state index is 13.1. The molecule has 4 atom stereocenters. The molecule has 0 aliphatic carbocycles. The zero-order chi connectivity index (χ0) is 14.0. The molecule has 2 N–H and O–H groups in total. The number of hydrogen-bond donors (Lipinski definition) is 1. The predicted octanol–water partition coefficient (Wildman–Crippen LogP) is 3.33. The Bertz CT molecular complexity index is 402. The molecule has 19 heavy (non-hydrogen) atoms. The second-order valence-corrected chi connectivity index (χ2v) is 5.95. The van der Waals surface area contributed by atoms with Crippen LogP contribution >= 0.6 is 0 Å². The fourth-order valence-electron chi connectivity index (χ4n) is 3.22. The van der Waals surface area contributed by atoms with Gasteiger partial charge in [-0.3, -0.25) is 4.90 Å². The topological polar surface area (TPSA) is 29.3 Å². The average Bonchev–Trinajstić information content (AvgIpc) is 2.37. The largest absolute Gasteiger partial charge is 0.326 e. The van der Waals surface area contributed by atoms with Crippen molar-refractivity contribution in [2.75, 3.05) is 6.54 Å². The van der Waals surface area contributed by atoms with Gasteiger partial charge in [0.05, 0.1) is 0 Å². The third kappa shape index (κ3) is 3.15. The van der Waals surface area contributed by atoms with Crippen molar-refractivity contribution >= 4 is 0 Å². The maximum Gasteiger partial charge on any atom is 0.123 e. The van der Waals surface area contributed by atoms with E-state index in [1.807, 2.05) is 19.1 Å². The first-order valence-corrected chi connectivity index (χ1v) is 7.27. The van der Waals surface area contributed by atoms with Gasteiger partial charge in [-0.25, -0.2) is 4.39 Å². The molecule has 2 rings (SSSR count). The minimum atomic E-state index is -0.188. The Morgan fingerprint density at radius 1 is 1.26 bits per heavy atom. The Morgan fingerprint density at radius 3 is 2.47 bits per heavy atom. The van der Waals surface area contributed by atoms with Crippen molar-refractivity contribution in [2.24, 2.45) is 11.7 Å². The third-order valence-corrected chi connectivity index (χ3v) is 4.49. The second-order valence-electron chi connectivity index (χ2n) is 5.95. The highest BCUT2D eigenvalue weighted by molar-refractivity contribution is 5.22. The number of hydrogen-bond acceptors (Lipinski definition) is 2. The smallest absolute Gasteiger partial charge is 0.123 e. The molecule has 0 spiro atoms. The van der Waals surface area contributed by atoms with Crippen molar-refractivity contribution in [3.05, 3.63) is 35.6 Å². The van der Waals surface area contributed by atoms with Gasteiger partial charge in [0.15, 0.2) is 0 Å². The van der Waals surface area contributed by atoms with E-state index in [0.717, 1.165) is 12.1 Å². The molecule has 0 amide bonds. The van der Waals surface area contributed by atoms with Crippen LogP contribution in [0, 0.1) is 11.7 Å². The van der Waals surface area contributed by atoms with Crippen LogP contribution in [0.25, 0.3) is 0 Å². The number of nitrogens with zero attached hydrogens (tertiary/aromatic N) is 1. The standard InChI is InChI=1S/C16H25FN2/c1-11-5-4-10-19(13(11)3)16(12(2)18)14-6-8-15(17)9-7-14/h6-9,11-13,16H,4-5,10,18H2,1-3H3. The number of likely N-dealkylation sites (tertiary alicyclic amines) is 1. The predicted molar refractivity (Wildman–Crippen MR) is 77.4 cm³/mol.